The highest BCUT2D eigenvalue weighted by Gasteiger charge is 2.41. The fourth-order valence-electron chi connectivity index (χ4n) is 4.58. The number of ether oxygens (including phenoxy) is 2. The second kappa shape index (κ2) is 10.2. The van der Waals surface area contributed by atoms with Gasteiger partial charge in [0.15, 0.2) is 6.29 Å². The highest BCUT2D eigenvalue weighted by atomic mass is 16.7. The Morgan fingerprint density at radius 2 is 2.00 bits per heavy atom. The van der Waals surface area contributed by atoms with Crippen LogP contribution in [0.4, 0.5) is 0 Å². The van der Waals surface area contributed by atoms with Crippen LogP contribution in [0, 0.1) is 11.8 Å². The van der Waals surface area contributed by atoms with Gasteiger partial charge in [-0.25, -0.2) is 0 Å². The molecule has 5 nitrogen and oxygen atoms in total. The summed E-state index contributed by atoms with van der Waals surface area (Å²) >= 11 is 0. The number of aliphatic carboxylic acids is 1. The number of carboxylic acid groups (broad SMARTS) is 1. The SMILES string of the molecule is O=C(O)C[C@H]1[C@@H](O)CC[C@H]1C(CCCc1ccccc1)OC1CCCCO1. The molecule has 5 atom stereocenters. The van der Waals surface area contributed by atoms with Crippen molar-refractivity contribution in [2.24, 2.45) is 11.8 Å². The molecule has 1 heterocycles. The summed E-state index contributed by atoms with van der Waals surface area (Å²) in [5.41, 5.74) is 1.30. The molecule has 0 bridgehead atoms. The Morgan fingerprint density at radius 1 is 1.19 bits per heavy atom. The lowest BCUT2D eigenvalue weighted by Gasteiger charge is -2.33. The number of carbonyl (C=O) groups is 1. The first-order valence-corrected chi connectivity index (χ1v) is 10.3. The Hall–Kier alpha value is -1.43. The Balaban J connectivity index is 1.63. The number of aliphatic hydroxyl groups excluding tert-OH is 1. The third-order valence-corrected chi connectivity index (χ3v) is 5.99. The predicted octanol–water partition coefficient (Wildman–Crippen LogP) is 3.78. The van der Waals surface area contributed by atoms with Crippen molar-refractivity contribution in [1.29, 1.82) is 0 Å². The van der Waals surface area contributed by atoms with E-state index in [1.807, 2.05) is 6.07 Å². The number of aryl methyl sites for hydroxylation is 1. The average molecular weight is 376 g/mol. The smallest absolute Gasteiger partial charge is 0.303 e. The minimum Gasteiger partial charge on any atom is -0.481 e. The van der Waals surface area contributed by atoms with Gasteiger partial charge >= 0.3 is 5.97 Å². The first kappa shape index (κ1) is 20.3. The molecule has 1 aromatic carbocycles. The normalized spacial score (nSPS) is 29.5. The van der Waals surface area contributed by atoms with Crippen LogP contribution in [-0.2, 0) is 20.7 Å². The summed E-state index contributed by atoms with van der Waals surface area (Å²) in [6, 6.07) is 10.4. The van der Waals surface area contributed by atoms with Crippen molar-refractivity contribution in [3.8, 4) is 0 Å². The van der Waals surface area contributed by atoms with Gasteiger partial charge in [0.2, 0.25) is 0 Å². The van der Waals surface area contributed by atoms with Crippen LogP contribution in [0.2, 0.25) is 0 Å². The molecule has 0 amide bonds. The average Bonchev–Trinajstić information content (AvgIpc) is 3.02. The predicted molar refractivity (Wildman–Crippen MR) is 102 cm³/mol. The highest BCUT2D eigenvalue weighted by Crippen LogP contribution is 2.40. The Bertz CT molecular complexity index is 569. The molecule has 0 radical (unpaired) electrons. The van der Waals surface area contributed by atoms with Crippen LogP contribution < -0.4 is 0 Å². The van der Waals surface area contributed by atoms with Gasteiger partial charge in [0, 0.05) is 12.5 Å². The van der Waals surface area contributed by atoms with Gasteiger partial charge < -0.3 is 19.7 Å². The number of aliphatic hydroxyl groups is 1. The van der Waals surface area contributed by atoms with Gasteiger partial charge in [-0.05, 0) is 62.8 Å². The van der Waals surface area contributed by atoms with Gasteiger partial charge in [0.1, 0.15) is 0 Å². The summed E-state index contributed by atoms with van der Waals surface area (Å²) in [5, 5.41) is 19.6. The fraction of sp³-hybridized carbons (Fsp3) is 0.682. The molecule has 2 unspecified atom stereocenters. The Labute approximate surface area is 161 Å². The molecule has 1 aromatic rings. The maximum atomic E-state index is 11.3. The van der Waals surface area contributed by atoms with E-state index in [1.165, 1.54) is 5.56 Å². The molecule has 0 aromatic heterocycles. The molecule has 3 rings (SSSR count). The molecule has 150 valence electrons. The second-order valence-corrected chi connectivity index (χ2v) is 7.92. The summed E-state index contributed by atoms with van der Waals surface area (Å²) in [6.45, 7) is 0.729. The molecule has 0 spiro atoms. The molecule has 2 aliphatic rings. The molecule has 1 aliphatic carbocycles. The zero-order valence-electron chi connectivity index (χ0n) is 16.0. The van der Waals surface area contributed by atoms with Crippen molar-refractivity contribution in [1.82, 2.24) is 0 Å². The number of carboxylic acids is 1. The lowest BCUT2D eigenvalue weighted by Crippen LogP contribution is -2.36. The minimum absolute atomic E-state index is 0.00982. The van der Waals surface area contributed by atoms with Gasteiger partial charge in [0.05, 0.1) is 18.6 Å². The van der Waals surface area contributed by atoms with E-state index in [4.69, 9.17) is 9.47 Å². The van der Waals surface area contributed by atoms with Crippen LogP contribution in [-0.4, -0.2) is 41.3 Å². The molecular weight excluding hydrogens is 344 g/mol. The monoisotopic (exact) mass is 376 g/mol. The quantitative estimate of drug-likeness (QED) is 0.686. The number of benzene rings is 1. The van der Waals surface area contributed by atoms with E-state index in [9.17, 15) is 15.0 Å². The molecule has 5 heteroatoms. The zero-order chi connectivity index (χ0) is 19.1. The number of hydrogen-bond donors (Lipinski definition) is 2. The zero-order valence-corrected chi connectivity index (χ0v) is 16.0. The summed E-state index contributed by atoms with van der Waals surface area (Å²) in [6.07, 6.45) is 6.59. The lowest BCUT2D eigenvalue weighted by atomic mass is 9.85. The van der Waals surface area contributed by atoms with Crippen molar-refractivity contribution < 1.29 is 24.5 Å². The standard InChI is InChI=1S/C22H32O5/c23-19-13-12-17(18(19)15-21(24)25)20(27-22-11-4-5-14-26-22)10-6-9-16-7-2-1-3-8-16/h1-3,7-8,17-20,22-23H,4-6,9-15H2,(H,24,25)/t17-,18-,19+,20?,22?/m1/s1. The highest BCUT2D eigenvalue weighted by molar-refractivity contribution is 5.67. The Kier molecular flexibility index (Phi) is 7.68. The fourth-order valence-corrected chi connectivity index (χ4v) is 4.58. The van der Waals surface area contributed by atoms with E-state index in [2.05, 4.69) is 24.3 Å². The minimum atomic E-state index is -0.845. The maximum absolute atomic E-state index is 11.3. The van der Waals surface area contributed by atoms with Crippen LogP contribution in [0.15, 0.2) is 30.3 Å². The van der Waals surface area contributed by atoms with E-state index in [-0.39, 0.29) is 30.7 Å². The molecule has 1 aliphatic heterocycles. The van der Waals surface area contributed by atoms with Gasteiger partial charge in [-0.3, -0.25) is 4.79 Å². The van der Waals surface area contributed by atoms with Gasteiger partial charge in [-0.15, -0.1) is 0 Å². The van der Waals surface area contributed by atoms with E-state index < -0.39 is 12.1 Å². The van der Waals surface area contributed by atoms with Crippen molar-refractivity contribution in [2.75, 3.05) is 6.61 Å². The van der Waals surface area contributed by atoms with Crippen LogP contribution in [0.25, 0.3) is 0 Å². The maximum Gasteiger partial charge on any atom is 0.303 e. The lowest BCUT2D eigenvalue weighted by molar-refractivity contribution is -0.203. The van der Waals surface area contributed by atoms with Crippen molar-refractivity contribution in [2.45, 2.75) is 76.3 Å². The first-order chi connectivity index (χ1) is 13.1. The number of rotatable bonds is 9. The van der Waals surface area contributed by atoms with Crippen molar-refractivity contribution in [3.05, 3.63) is 35.9 Å². The van der Waals surface area contributed by atoms with E-state index in [1.54, 1.807) is 0 Å². The summed E-state index contributed by atoms with van der Waals surface area (Å²) in [5.74, 6) is -0.992. The third kappa shape index (κ3) is 6.03. The summed E-state index contributed by atoms with van der Waals surface area (Å²) in [7, 11) is 0. The van der Waals surface area contributed by atoms with Crippen LogP contribution >= 0.6 is 0 Å². The summed E-state index contributed by atoms with van der Waals surface area (Å²) < 4.78 is 12.1. The molecular formula is C22H32O5. The Morgan fingerprint density at radius 3 is 2.70 bits per heavy atom. The second-order valence-electron chi connectivity index (χ2n) is 7.92. The van der Waals surface area contributed by atoms with E-state index >= 15 is 0 Å². The van der Waals surface area contributed by atoms with Crippen molar-refractivity contribution >= 4 is 5.97 Å². The van der Waals surface area contributed by atoms with Crippen LogP contribution in [0.5, 0.6) is 0 Å². The first-order valence-electron chi connectivity index (χ1n) is 10.3. The molecule has 2 fully saturated rings. The molecule has 1 saturated carbocycles. The molecule has 27 heavy (non-hydrogen) atoms. The van der Waals surface area contributed by atoms with Crippen LogP contribution in [0.1, 0.15) is 56.9 Å². The van der Waals surface area contributed by atoms with E-state index in [0.29, 0.717) is 6.42 Å². The van der Waals surface area contributed by atoms with Crippen LogP contribution in [0.3, 0.4) is 0 Å². The molecule has 1 saturated heterocycles. The topological polar surface area (TPSA) is 76.0 Å². The van der Waals surface area contributed by atoms with Crippen molar-refractivity contribution in [3.63, 3.8) is 0 Å². The largest absolute Gasteiger partial charge is 0.481 e. The molecule has 2 N–H and O–H groups in total. The number of hydrogen-bond acceptors (Lipinski definition) is 4. The third-order valence-electron chi connectivity index (χ3n) is 5.99. The van der Waals surface area contributed by atoms with Gasteiger partial charge in [-0.2, -0.15) is 0 Å². The van der Waals surface area contributed by atoms with Gasteiger partial charge in [0.25, 0.3) is 0 Å². The van der Waals surface area contributed by atoms with Gasteiger partial charge in [-0.1, -0.05) is 30.3 Å². The summed E-state index contributed by atoms with van der Waals surface area (Å²) in [4.78, 5) is 11.3. The van der Waals surface area contributed by atoms with E-state index in [0.717, 1.165) is 51.6 Å².